The summed E-state index contributed by atoms with van der Waals surface area (Å²) in [5, 5.41) is 11.2. The van der Waals surface area contributed by atoms with Crippen molar-refractivity contribution in [3.05, 3.63) is 23.3 Å². The lowest BCUT2D eigenvalue weighted by molar-refractivity contribution is 0.0697. The summed E-state index contributed by atoms with van der Waals surface area (Å²) in [7, 11) is 1.45. The molecule has 0 fully saturated rings. The van der Waals surface area contributed by atoms with E-state index in [2.05, 4.69) is 5.32 Å². The van der Waals surface area contributed by atoms with Crippen molar-refractivity contribution in [3.8, 4) is 0 Å². The predicted octanol–water partition coefficient (Wildman–Crippen LogP) is 1.79. The number of rotatable bonds is 3. The minimum absolute atomic E-state index is 0.0139. The number of hydrogen-bond donors (Lipinski definition) is 2. The van der Waals surface area contributed by atoms with Gasteiger partial charge in [0, 0.05) is 12.7 Å². The van der Waals surface area contributed by atoms with Crippen LogP contribution in [0.5, 0.6) is 0 Å². The van der Waals surface area contributed by atoms with E-state index in [-0.39, 0.29) is 16.8 Å². The monoisotopic (exact) mass is 232 g/mol. The molecule has 0 radical (unpaired) electrons. The summed E-state index contributed by atoms with van der Waals surface area (Å²) < 4.78 is 38.0. The zero-order valence-electron chi connectivity index (χ0n) is 8.72. The van der Waals surface area contributed by atoms with Gasteiger partial charge in [0.15, 0.2) is 0 Å². The average molecular weight is 232 g/mol. The molecule has 0 aromatic heterocycles. The highest BCUT2D eigenvalue weighted by atomic mass is 19.4. The third-order valence-corrected chi connectivity index (χ3v) is 2.32. The summed E-state index contributed by atoms with van der Waals surface area (Å²) in [4.78, 5) is 10.7. The molecule has 0 saturated heterocycles. The minimum Gasteiger partial charge on any atom is -0.478 e. The SMILES string of the molecule is CNc1cc(C(=O)O)cc([B-](F)(F)F)c1C. The van der Waals surface area contributed by atoms with Gasteiger partial charge in [-0.05, 0) is 13.0 Å². The first kappa shape index (κ1) is 12.4. The molecule has 1 aromatic rings. The van der Waals surface area contributed by atoms with Gasteiger partial charge in [0.05, 0.1) is 5.56 Å². The van der Waals surface area contributed by atoms with E-state index >= 15 is 0 Å². The minimum atomic E-state index is -5.21. The fraction of sp³-hybridized carbons (Fsp3) is 0.222. The largest absolute Gasteiger partial charge is 0.509 e. The van der Waals surface area contributed by atoms with E-state index in [0.717, 1.165) is 0 Å². The van der Waals surface area contributed by atoms with Crippen LogP contribution in [0.1, 0.15) is 15.9 Å². The summed E-state index contributed by atoms with van der Waals surface area (Å²) >= 11 is 0. The van der Waals surface area contributed by atoms with Gasteiger partial charge in [0.1, 0.15) is 0 Å². The van der Waals surface area contributed by atoms with Crippen LogP contribution < -0.4 is 10.8 Å². The molecule has 0 aliphatic carbocycles. The van der Waals surface area contributed by atoms with Gasteiger partial charge in [-0.2, -0.15) is 0 Å². The third kappa shape index (κ3) is 2.29. The second-order valence-corrected chi connectivity index (χ2v) is 3.37. The van der Waals surface area contributed by atoms with Crippen LogP contribution in [0.4, 0.5) is 18.6 Å². The Morgan fingerprint density at radius 2 is 1.94 bits per heavy atom. The molecular weight excluding hydrogens is 222 g/mol. The molecule has 0 atom stereocenters. The number of benzene rings is 1. The summed E-state index contributed by atoms with van der Waals surface area (Å²) in [5.74, 6) is -1.38. The molecule has 0 aliphatic heterocycles. The van der Waals surface area contributed by atoms with Gasteiger partial charge in [-0.1, -0.05) is 11.6 Å². The number of carboxylic acid groups (broad SMARTS) is 1. The molecule has 1 rings (SSSR count). The Balaban J connectivity index is 3.48. The van der Waals surface area contributed by atoms with Crippen molar-refractivity contribution >= 4 is 24.1 Å². The molecule has 2 N–H and O–H groups in total. The number of hydrogen-bond acceptors (Lipinski definition) is 2. The van der Waals surface area contributed by atoms with Crippen molar-refractivity contribution in [2.24, 2.45) is 0 Å². The summed E-state index contributed by atoms with van der Waals surface area (Å²) in [6.07, 6.45) is 0. The second kappa shape index (κ2) is 4.07. The van der Waals surface area contributed by atoms with Crippen molar-refractivity contribution < 1.29 is 22.8 Å². The Labute approximate surface area is 90.3 Å². The summed E-state index contributed by atoms with van der Waals surface area (Å²) in [5.41, 5.74) is -1.05. The number of nitrogens with one attached hydrogen (secondary N) is 1. The Hall–Kier alpha value is -1.66. The van der Waals surface area contributed by atoms with Crippen molar-refractivity contribution in [2.75, 3.05) is 12.4 Å². The highest BCUT2D eigenvalue weighted by Crippen LogP contribution is 2.20. The van der Waals surface area contributed by atoms with Gasteiger partial charge in [0.2, 0.25) is 0 Å². The van der Waals surface area contributed by atoms with Crippen LogP contribution in [0.2, 0.25) is 0 Å². The fourth-order valence-electron chi connectivity index (χ4n) is 1.46. The van der Waals surface area contributed by atoms with Crippen molar-refractivity contribution in [1.82, 2.24) is 0 Å². The van der Waals surface area contributed by atoms with E-state index in [9.17, 15) is 17.7 Å². The molecule has 7 heteroatoms. The molecule has 0 amide bonds. The maximum Gasteiger partial charge on any atom is 0.509 e. The quantitative estimate of drug-likeness (QED) is 0.781. The van der Waals surface area contributed by atoms with Gasteiger partial charge < -0.3 is 23.4 Å². The van der Waals surface area contributed by atoms with E-state index in [1.165, 1.54) is 20.0 Å². The number of carbonyl (C=O) groups is 1. The highest BCUT2D eigenvalue weighted by Gasteiger charge is 2.29. The number of aromatic carboxylic acids is 1. The number of halogens is 3. The molecule has 0 unspecified atom stereocenters. The van der Waals surface area contributed by atoms with Crippen LogP contribution in [0.3, 0.4) is 0 Å². The Morgan fingerprint density at radius 1 is 1.38 bits per heavy atom. The maximum atomic E-state index is 12.7. The Kier molecular flexibility index (Phi) is 3.16. The van der Waals surface area contributed by atoms with Crippen LogP contribution in [0.25, 0.3) is 0 Å². The van der Waals surface area contributed by atoms with Crippen LogP contribution in [-0.4, -0.2) is 25.1 Å². The van der Waals surface area contributed by atoms with Gasteiger partial charge in [-0.15, -0.1) is 5.46 Å². The zero-order chi connectivity index (χ0) is 12.5. The first-order valence-corrected chi connectivity index (χ1v) is 4.53. The Morgan fingerprint density at radius 3 is 2.31 bits per heavy atom. The summed E-state index contributed by atoms with van der Waals surface area (Å²) in [6, 6.07) is 1.85. The fourth-order valence-corrected chi connectivity index (χ4v) is 1.46. The lowest BCUT2D eigenvalue weighted by Gasteiger charge is -2.21. The van der Waals surface area contributed by atoms with Gasteiger partial charge in [-0.25, -0.2) is 4.79 Å². The van der Waals surface area contributed by atoms with E-state index in [1.807, 2.05) is 0 Å². The Bertz CT molecular complexity index is 431. The molecule has 0 bridgehead atoms. The van der Waals surface area contributed by atoms with Crippen LogP contribution in [0.15, 0.2) is 12.1 Å². The molecular formula is C9H10BF3NO2-. The first-order valence-electron chi connectivity index (χ1n) is 4.53. The van der Waals surface area contributed by atoms with E-state index in [0.29, 0.717) is 6.07 Å². The number of anilines is 1. The van der Waals surface area contributed by atoms with Crippen LogP contribution in [-0.2, 0) is 0 Å². The normalized spacial score (nSPS) is 11.3. The molecule has 0 spiro atoms. The molecule has 0 aliphatic rings. The average Bonchev–Trinajstić information content (AvgIpc) is 2.15. The van der Waals surface area contributed by atoms with Crippen molar-refractivity contribution in [1.29, 1.82) is 0 Å². The molecule has 16 heavy (non-hydrogen) atoms. The lowest BCUT2D eigenvalue weighted by atomic mass is 9.76. The van der Waals surface area contributed by atoms with Gasteiger partial charge >= 0.3 is 12.9 Å². The van der Waals surface area contributed by atoms with Crippen LogP contribution in [0, 0.1) is 6.92 Å². The molecule has 1 aromatic carbocycles. The topological polar surface area (TPSA) is 49.3 Å². The highest BCUT2D eigenvalue weighted by molar-refractivity contribution is 6.74. The van der Waals surface area contributed by atoms with Gasteiger partial charge in [0.25, 0.3) is 0 Å². The second-order valence-electron chi connectivity index (χ2n) is 3.37. The third-order valence-electron chi connectivity index (χ3n) is 2.32. The molecule has 0 heterocycles. The zero-order valence-corrected chi connectivity index (χ0v) is 8.72. The predicted molar refractivity (Wildman–Crippen MR) is 56.4 cm³/mol. The van der Waals surface area contributed by atoms with Crippen molar-refractivity contribution in [2.45, 2.75) is 6.92 Å². The van der Waals surface area contributed by atoms with E-state index in [4.69, 9.17) is 5.11 Å². The standard InChI is InChI=1S/C9H10BF3NO2/c1-5-7(10(11,12)13)3-6(9(15)16)4-8(5)14-2/h3-4,14H,1-2H3,(H,15,16)/q-1. The molecule has 0 saturated carbocycles. The van der Waals surface area contributed by atoms with Crippen LogP contribution >= 0.6 is 0 Å². The molecule has 3 nitrogen and oxygen atoms in total. The summed E-state index contributed by atoms with van der Waals surface area (Å²) in [6.45, 7) is -3.90. The maximum absolute atomic E-state index is 12.7. The number of carboxylic acids is 1. The van der Waals surface area contributed by atoms with E-state index < -0.39 is 18.4 Å². The van der Waals surface area contributed by atoms with E-state index in [1.54, 1.807) is 0 Å². The van der Waals surface area contributed by atoms with Gasteiger partial charge in [-0.3, -0.25) is 0 Å². The molecule has 88 valence electrons. The van der Waals surface area contributed by atoms with Crippen molar-refractivity contribution in [3.63, 3.8) is 0 Å². The smallest absolute Gasteiger partial charge is 0.478 e. The lowest BCUT2D eigenvalue weighted by Crippen LogP contribution is -2.37. The first-order chi connectivity index (χ1) is 7.27.